The Labute approximate surface area is 199 Å². The van der Waals surface area contributed by atoms with Crippen molar-refractivity contribution < 1.29 is 19.1 Å². The lowest BCUT2D eigenvalue weighted by Crippen LogP contribution is -2.46. The molecule has 1 aromatic carbocycles. The first-order valence-corrected chi connectivity index (χ1v) is 11.9. The summed E-state index contributed by atoms with van der Waals surface area (Å²) in [7, 11) is 1.55. The highest BCUT2D eigenvalue weighted by Crippen LogP contribution is 2.28. The maximum Gasteiger partial charge on any atom is 0.273 e. The predicted octanol–water partition coefficient (Wildman–Crippen LogP) is 3.04. The summed E-state index contributed by atoms with van der Waals surface area (Å²) in [6, 6.07) is 7.07. The predicted molar refractivity (Wildman–Crippen MR) is 127 cm³/mol. The Morgan fingerprint density at radius 1 is 1.03 bits per heavy atom. The minimum atomic E-state index is -0.376. The molecule has 2 aliphatic rings. The monoisotopic (exact) mass is 465 g/mol. The van der Waals surface area contributed by atoms with Crippen LogP contribution in [0.4, 0.5) is 5.82 Å². The van der Waals surface area contributed by atoms with Crippen molar-refractivity contribution in [3.63, 3.8) is 0 Å². The van der Waals surface area contributed by atoms with Crippen molar-refractivity contribution in [3.8, 4) is 5.75 Å². The molecule has 1 aliphatic carbocycles. The lowest BCUT2D eigenvalue weighted by atomic mass is 10.0. The number of amides is 3. The van der Waals surface area contributed by atoms with E-state index in [1.807, 2.05) is 12.1 Å². The number of aromatic nitrogens is 2. The van der Waals surface area contributed by atoms with Crippen molar-refractivity contribution in [2.45, 2.75) is 51.0 Å². The Balaban J connectivity index is 1.32. The zero-order chi connectivity index (χ0) is 23.9. The molecule has 0 unspecified atom stereocenters. The third-order valence-electron chi connectivity index (χ3n) is 6.57. The van der Waals surface area contributed by atoms with Gasteiger partial charge in [-0.1, -0.05) is 25.0 Å². The summed E-state index contributed by atoms with van der Waals surface area (Å²) in [6.07, 6.45) is 9.06. The summed E-state index contributed by atoms with van der Waals surface area (Å²) in [6.45, 7) is 1.04. The molecule has 1 aromatic heterocycles. The van der Waals surface area contributed by atoms with Gasteiger partial charge < -0.3 is 20.3 Å². The van der Waals surface area contributed by atoms with E-state index in [0.717, 1.165) is 12.8 Å². The molecule has 0 radical (unpaired) electrons. The quantitative estimate of drug-likeness (QED) is 0.650. The Kier molecular flexibility index (Phi) is 7.72. The smallest absolute Gasteiger partial charge is 0.273 e. The van der Waals surface area contributed by atoms with Crippen LogP contribution in [0.15, 0.2) is 36.7 Å². The van der Waals surface area contributed by atoms with Crippen molar-refractivity contribution >= 4 is 23.5 Å². The van der Waals surface area contributed by atoms with Gasteiger partial charge in [0.15, 0.2) is 11.5 Å². The van der Waals surface area contributed by atoms with Crippen LogP contribution >= 0.6 is 0 Å². The van der Waals surface area contributed by atoms with Crippen LogP contribution in [-0.4, -0.2) is 58.8 Å². The molecule has 0 spiro atoms. The number of piperidine rings is 1. The fraction of sp³-hybridized carbons (Fsp3) is 0.480. The number of rotatable bonds is 7. The van der Waals surface area contributed by atoms with Crippen LogP contribution in [0.2, 0.25) is 0 Å². The summed E-state index contributed by atoms with van der Waals surface area (Å²) in [5, 5.41) is 5.76. The molecule has 9 heteroatoms. The van der Waals surface area contributed by atoms with E-state index in [2.05, 4.69) is 20.6 Å². The van der Waals surface area contributed by atoms with E-state index in [-0.39, 0.29) is 35.3 Å². The number of nitrogens with one attached hydrogen (secondary N) is 2. The first-order chi connectivity index (χ1) is 16.5. The van der Waals surface area contributed by atoms with Gasteiger partial charge in [0.05, 0.1) is 12.7 Å². The number of anilines is 1. The van der Waals surface area contributed by atoms with E-state index >= 15 is 0 Å². The second-order valence-corrected chi connectivity index (χ2v) is 8.90. The Morgan fingerprint density at radius 2 is 1.74 bits per heavy atom. The van der Waals surface area contributed by atoms with Crippen molar-refractivity contribution in [1.82, 2.24) is 20.2 Å². The van der Waals surface area contributed by atoms with Crippen LogP contribution in [0, 0.1) is 5.92 Å². The number of ether oxygens (including phenoxy) is 1. The highest BCUT2D eigenvalue weighted by Gasteiger charge is 2.28. The van der Waals surface area contributed by atoms with Gasteiger partial charge in [0, 0.05) is 37.9 Å². The molecule has 4 rings (SSSR count). The minimum absolute atomic E-state index is 0.0802. The van der Waals surface area contributed by atoms with Crippen molar-refractivity contribution in [2.24, 2.45) is 5.92 Å². The zero-order valence-corrected chi connectivity index (χ0v) is 19.5. The highest BCUT2D eigenvalue weighted by molar-refractivity contribution is 6.01. The maximum atomic E-state index is 12.9. The van der Waals surface area contributed by atoms with E-state index < -0.39 is 0 Å². The zero-order valence-electron chi connectivity index (χ0n) is 19.5. The average Bonchev–Trinajstić information content (AvgIpc) is 3.37. The molecule has 34 heavy (non-hydrogen) atoms. The van der Waals surface area contributed by atoms with Crippen molar-refractivity contribution in [3.05, 3.63) is 47.9 Å². The lowest BCUT2D eigenvalue weighted by Gasteiger charge is -2.32. The first kappa shape index (κ1) is 23.7. The Morgan fingerprint density at radius 3 is 2.47 bits per heavy atom. The molecule has 1 saturated carbocycles. The third kappa shape index (κ3) is 5.70. The van der Waals surface area contributed by atoms with Gasteiger partial charge in [0.1, 0.15) is 5.75 Å². The normalized spacial score (nSPS) is 16.8. The van der Waals surface area contributed by atoms with Crippen molar-refractivity contribution in [1.29, 1.82) is 0 Å². The van der Waals surface area contributed by atoms with E-state index in [4.69, 9.17) is 4.74 Å². The molecular formula is C25H31N5O4. The number of para-hydroxylation sites is 1. The van der Waals surface area contributed by atoms with Crippen LogP contribution in [0.1, 0.15) is 65.8 Å². The highest BCUT2D eigenvalue weighted by atomic mass is 16.5. The van der Waals surface area contributed by atoms with Crippen LogP contribution < -0.4 is 15.4 Å². The topological polar surface area (TPSA) is 114 Å². The van der Waals surface area contributed by atoms with Gasteiger partial charge >= 0.3 is 0 Å². The Bertz CT molecular complexity index is 1030. The molecular weight excluding hydrogens is 434 g/mol. The molecule has 2 fully saturated rings. The number of likely N-dealkylation sites (tertiary alicyclic amines) is 1. The number of carbonyl (C=O) groups excluding carboxylic acids is 3. The molecule has 1 aliphatic heterocycles. The molecule has 2 heterocycles. The number of benzene rings is 1. The van der Waals surface area contributed by atoms with Gasteiger partial charge in [-0.3, -0.25) is 14.4 Å². The number of nitrogens with zero attached hydrogens (tertiary/aromatic N) is 3. The lowest BCUT2D eigenvalue weighted by molar-refractivity contribution is -0.117. The van der Waals surface area contributed by atoms with Gasteiger partial charge in [0.2, 0.25) is 5.91 Å². The van der Waals surface area contributed by atoms with Gasteiger partial charge in [-0.2, -0.15) is 0 Å². The molecule has 2 N–H and O–H groups in total. The summed E-state index contributed by atoms with van der Waals surface area (Å²) < 4.78 is 5.31. The maximum absolute atomic E-state index is 12.9. The van der Waals surface area contributed by atoms with Gasteiger partial charge in [0.25, 0.3) is 11.8 Å². The average molecular weight is 466 g/mol. The van der Waals surface area contributed by atoms with Crippen molar-refractivity contribution in [2.75, 3.05) is 25.5 Å². The molecule has 1 saturated heterocycles. The summed E-state index contributed by atoms with van der Waals surface area (Å²) >= 11 is 0. The fourth-order valence-electron chi connectivity index (χ4n) is 4.73. The summed E-state index contributed by atoms with van der Waals surface area (Å²) in [4.78, 5) is 48.4. The van der Waals surface area contributed by atoms with Crippen LogP contribution in [0.25, 0.3) is 0 Å². The molecule has 3 amide bonds. The van der Waals surface area contributed by atoms with Crippen LogP contribution in [0.5, 0.6) is 5.75 Å². The molecule has 180 valence electrons. The van der Waals surface area contributed by atoms with E-state index in [0.29, 0.717) is 49.6 Å². The van der Waals surface area contributed by atoms with E-state index in [1.54, 1.807) is 24.1 Å². The fourth-order valence-corrected chi connectivity index (χ4v) is 4.73. The SMILES string of the molecule is COc1ccccc1C(=O)N1CCC(NC(=O)c2nccnc2NC(=O)CC2CCCC2)CC1. The summed E-state index contributed by atoms with van der Waals surface area (Å²) in [5.74, 6) is 0.546. The van der Waals surface area contributed by atoms with Crippen LogP contribution in [0.3, 0.4) is 0 Å². The van der Waals surface area contributed by atoms with Gasteiger partial charge in [-0.25, -0.2) is 9.97 Å². The molecule has 9 nitrogen and oxygen atoms in total. The van der Waals surface area contributed by atoms with Gasteiger partial charge in [-0.05, 0) is 43.7 Å². The Hall–Kier alpha value is -3.49. The number of carbonyl (C=O) groups is 3. The second-order valence-electron chi connectivity index (χ2n) is 8.90. The minimum Gasteiger partial charge on any atom is -0.496 e. The number of hydrogen-bond acceptors (Lipinski definition) is 6. The van der Waals surface area contributed by atoms with E-state index in [1.165, 1.54) is 25.2 Å². The molecule has 2 aromatic rings. The number of hydrogen-bond donors (Lipinski definition) is 2. The van der Waals surface area contributed by atoms with Gasteiger partial charge in [-0.15, -0.1) is 0 Å². The number of methoxy groups -OCH3 is 1. The molecule has 0 bridgehead atoms. The first-order valence-electron chi connectivity index (χ1n) is 11.9. The van der Waals surface area contributed by atoms with E-state index in [9.17, 15) is 14.4 Å². The third-order valence-corrected chi connectivity index (χ3v) is 6.57. The second kappa shape index (κ2) is 11.1. The standard InChI is InChI=1S/C25H31N5O4/c1-34-20-9-5-4-8-19(20)25(33)30-14-10-18(11-15-30)28-24(32)22-23(27-13-12-26-22)29-21(31)16-17-6-2-3-7-17/h4-5,8-9,12-13,17-18H,2-3,6-7,10-11,14-16H2,1H3,(H,28,32)(H,27,29,31). The summed E-state index contributed by atoms with van der Waals surface area (Å²) in [5.41, 5.74) is 0.639. The molecule has 0 atom stereocenters. The largest absolute Gasteiger partial charge is 0.496 e. The van der Waals surface area contributed by atoms with Crippen LogP contribution in [-0.2, 0) is 4.79 Å².